The van der Waals surface area contributed by atoms with Gasteiger partial charge in [0.2, 0.25) is 0 Å². The molecule has 1 aromatic rings. The topological polar surface area (TPSA) is 52.6 Å². The van der Waals surface area contributed by atoms with E-state index < -0.39 is 49.3 Å². The quantitative estimate of drug-likeness (QED) is 0.319. The zero-order valence-corrected chi connectivity index (χ0v) is 15.7. The van der Waals surface area contributed by atoms with Crippen molar-refractivity contribution in [3.63, 3.8) is 0 Å². The van der Waals surface area contributed by atoms with E-state index in [1.165, 1.54) is 12.1 Å². The van der Waals surface area contributed by atoms with Gasteiger partial charge in [0.05, 0.1) is 0 Å². The second kappa shape index (κ2) is 8.23. The molecule has 27 heavy (non-hydrogen) atoms. The number of alkyl halides is 6. The Morgan fingerprint density at radius 1 is 0.889 bits per heavy atom. The molecular weight excluding hydrogens is 497 g/mol. The van der Waals surface area contributed by atoms with E-state index in [2.05, 4.69) is 0 Å². The number of hydrogen-bond donors (Lipinski definition) is 0. The van der Waals surface area contributed by atoms with Crippen molar-refractivity contribution in [2.45, 2.75) is 50.2 Å². The van der Waals surface area contributed by atoms with E-state index in [1.807, 2.05) is 22.6 Å². The first-order chi connectivity index (χ1) is 12.3. The highest BCUT2D eigenvalue weighted by atomic mass is 127. The van der Waals surface area contributed by atoms with E-state index in [0.29, 0.717) is 14.7 Å². The number of rotatable bonds is 4. The third-order valence-electron chi connectivity index (χ3n) is 3.67. The van der Waals surface area contributed by atoms with Gasteiger partial charge in [0, 0.05) is 9.13 Å². The van der Waals surface area contributed by atoms with Crippen LogP contribution in [0.4, 0.5) is 26.3 Å². The molecule has 2 atom stereocenters. The maximum absolute atomic E-state index is 12.3. The highest BCUT2D eigenvalue weighted by Gasteiger charge is 2.38. The monoisotopic (exact) mass is 510 g/mol. The Bertz CT molecular complexity index is 716. The van der Waals surface area contributed by atoms with Crippen LogP contribution in [0.5, 0.6) is 0 Å². The second-order valence-electron chi connectivity index (χ2n) is 5.89. The Kier molecular flexibility index (Phi) is 6.63. The third kappa shape index (κ3) is 6.85. The molecule has 0 heterocycles. The lowest BCUT2D eigenvalue weighted by Crippen LogP contribution is -2.26. The summed E-state index contributed by atoms with van der Waals surface area (Å²) in [7, 11) is 0. The molecule has 2 rings (SSSR count). The first-order valence-corrected chi connectivity index (χ1v) is 8.74. The van der Waals surface area contributed by atoms with Crippen LogP contribution in [-0.2, 0) is 19.1 Å². The Morgan fingerprint density at radius 2 is 1.33 bits per heavy atom. The van der Waals surface area contributed by atoms with Crippen LogP contribution in [0.1, 0.15) is 49.0 Å². The summed E-state index contributed by atoms with van der Waals surface area (Å²) in [4.78, 5) is 22.9. The van der Waals surface area contributed by atoms with Crippen LogP contribution in [0, 0.1) is 3.57 Å². The molecule has 0 radical (unpaired) electrons. The van der Waals surface area contributed by atoms with Gasteiger partial charge in [-0.05, 0) is 53.1 Å². The fourth-order valence-corrected chi connectivity index (χ4v) is 3.22. The molecule has 11 heteroatoms. The van der Waals surface area contributed by atoms with Gasteiger partial charge >= 0.3 is 24.3 Å². The maximum Gasteiger partial charge on any atom is 0.399 e. The summed E-state index contributed by atoms with van der Waals surface area (Å²) in [5.74, 6) is -2.91. The van der Waals surface area contributed by atoms with Crippen molar-refractivity contribution in [1.29, 1.82) is 0 Å². The van der Waals surface area contributed by atoms with Crippen molar-refractivity contribution in [2.24, 2.45) is 0 Å². The van der Waals surface area contributed by atoms with Crippen molar-refractivity contribution in [3.8, 4) is 0 Å². The lowest BCUT2D eigenvalue weighted by atomic mass is 9.87. The smallest absolute Gasteiger partial charge is 0.399 e. The van der Waals surface area contributed by atoms with E-state index in [-0.39, 0.29) is 12.8 Å². The Hall–Kier alpha value is -1.53. The molecule has 0 aromatic heterocycles. The van der Waals surface area contributed by atoms with Crippen LogP contribution in [0.2, 0.25) is 0 Å². The summed E-state index contributed by atoms with van der Waals surface area (Å²) in [6.07, 6.45) is -14.9. The van der Waals surface area contributed by atoms with Gasteiger partial charge in [0.15, 0.2) is 0 Å². The molecule has 2 unspecified atom stereocenters. The summed E-state index contributed by atoms with van der Waals surface area (Å²) in [6, 6.07) is 4.63. The summed E-state index contributed by atoms with van der Waals surface area (Å²) in [5, 5.41) is 0. The molecule has 1 aromatic carbocycles. The van der Waals surface area contributed by atoms with Crippen LogP contribution < -0.4 is 0 Å². The van der Waals surface area contributed by atoms with Gasteiger partial charge in [0.25, 0.3) is 0 Å². The molecule has 0 saturated carbocycles. The molecule has 0 spiro atoms. The Morgan fingerprint density at radius 3 is 1.78 bits per heavy atom. The largest absolute Gasteiger partial charge is 0.457 e. The van der Waals surface area contributed by atoms with Crippen LogP contribution in [0.25, 0.3) is 0 Å². The van der Waals surface area contributed by atoms with Crippen molar-refractivity contribution in [3.05, 3.63) is 32.9 Å². The molecule has 0 aliphatic heterocycles. The summed E-state index contributed by atoms with van der Waals surface area (Å²) in [6.45, 7) is 0. The third-order valence-corrected chi connectivity index (χ3v) is 4.34. The molecular formula is C16H13F6IO4. The predicted octanol–water partition coefficient (Wildman–Crippen LogP) is 5.16. The minimum absolute atomic E-state index is 0.0145. The highest BCUT2D eigenvalue weighted by molar-refractivity contribution is 14.1. The number of esters is 2. The van der Waals surface area contributed by atoms with E-state index in [0.717, 1.165) is 0 Å². The lowest BCUT2D eigenvalue weighted by molar-refractivity contribution is -0.181. The molecule has 1 aliphatic carbocycles. The molecule has 0 amide bonds. The van der Waals surface area contributed by atoms with Gasteiger partial charge in [-0.3, -0.25) is 9.59 Å². The zero-order valence-electron chi connectivity index (χ0n) is 13.5. The molecule has 0 fully saturated rings. The summed E-state index contributed by atoms with van der Waals surface area (Å²) in [5.41, 5.74) is 0.621. The number of halogens is 7. The molecule has 0 N–H and O–H groups in total. The minimum Gasteiger partial charge on any atom is -0.457 e. The van der Waals surface area contributed by atoms with Crippen LogP contribution in [0.15, 0.2) is 18.2 Å². The number of hydrogen-bond acceptors (Lipinski definition) is 4. The normalized spacial score (nSPS) is 20.0. The van der Waals surface area contributed by atoms with E-state index >= 15 is 0 Å². The SMILES string of the molecule is O=C(CC(F)(F)F)OC1CCC(OC(=O)CC(F)(F)F)c2cc(I)ccc21. The number of fused-ring (bicyclic) bond motifs is 1. The van der Waals surface area contributed by atoms with Crippen molar-refractivity contribution < 1.29 is 45.4 Å². The van der Waals surface area contributed by atoms with Gasteiger partial charge in [0.1, 0.15) is 25.0 Å². The minimum atomic E-state index is -4.71. The number of carbonyl (C=O) groups is 2. The van der Waals surface area contributed by atoms with Gasteiger partial charge in [-0.1, -0.05) is 6.07 Å². The highest BCUT2D eigenvalue weighted by Crippen LogP contribution is 2.41. The molecule has 0 bridgehead atoms. The van der Waals surface area contributed by atoms with E-state index in [1.54, 1.807) is 6.07 Å². The fraction of sp³-hybridized carbons (Fsp3) is 0.500. The Balaban J connectivity index is 2.17. The number of carbonyl (C=O) groups excluding carboxylic acids is 2. The first kappa shape index (κ1) is 21.8. The Labute approximate surface area is 163 Å². The van der Waals surface area contributed by atoms with Crippen molar-refractivity contribution in [1.82, 2.24) is 0 Å². The molecule has 0 saturated heterocycles. The van der Waals surface area contributed by atoms with Crippen LogP contribution in [0.3, 0.4) is 0 Å². The summed E-state index contributed by atoms with van der Waals surface area (Å²) >= 11 is 1.93. The van der Waals surface area contributed by atoms with Crippen molar-refractivity contribution in [2.75, 3.05) is 0 Å². The van der Waals surface area contributed by atoms with Crippen molar-refractivity contribution >= 4 is 34.5 Å². The second-order valence-corrected chi connectivity index (χ2v) is 7.14. The number of ether oxygens (including phenoxy) is 2. The predicted molar refractivity (Wildman–Crippen MR) is 87.4 cm³/mol. The average molecular weight is 510 g/mol. The standard InChI is InChI=1S/C16H13F6IO4/c17-15(18,19)6-13(24)26-11-3-4-12(27-14(25)7-16(20,21)22)10-5-8(23)1-2-9(10)11/h1-2,5,11-12H,3-4,6-7H2. The van der Waals surface area contributed by atoms with Gasteiger partial charge in [-0.15, -0.1) is 0 Å². The van der Waals surface area contributed by atoms with Crippen LogP contribution >= 0.6 is 22.6 Å². The van der Waals surface area contributed by atoms with Crippen LogP contribution in [-0.4, -0.2) is 24.3 Å². The molecule has 1 aliphatic rings. The molecule has 150 valence electrons. The lowest BCUT2D eigenvalue weighted by Gasteiger charge is -2.31. The average Bonchev–Trinajstić information content (AvgIpc) is 2.45. The zero-order chi connectivity index (χ0) is 20.4. The number of benzene rings is 1. The molecule has 4 nitrogen and oxygen atoms in total. The van der Waals surface area contributed by atoms with Gasteiger partial charge in [-0.25, -0.2) is 0 Å². The fourth-order valence-electron chi connectivity index (χ4n) is 2.70. The van der Waals surface area contributed by atoms with Gasteiger partial charge < -0.3 is 9.47 Å². The van der Waals surface area contributed by atoms with Gasteiger partial charge in [-0.2, -0.15) is 26.3 Å². The first-order valence-electron chi connectivity index (χ1n) is 7.66. The van der Waals surface area contributed by atoms with E-state index in [4.69, 9.17) is 9.47 Å². The van der Waals surface area contributed by atoms with E-state index in [9.17, 15) is 35.9 Å². The maximum atomic E-state index is 12.3. The summed E-state index contributed by atoms with van der Waals surface area (Å²) < 4.78 is 84.3.